The summed E-state index contributed by atoms with van der Waals surface area (Å²) in [6.45, 7) is 2.00. The van der Waals surface area contributed by atoms with E-state index in [1.54, 1.807) is 55.5 Å². The summed E-state index contributed by atoms with van der Waals surface area (Å²) in [6, 6.07) is 27.2. The molecule has 1 fully saturated rings. The molecule has 1 amide bonds. The summed E-state index contributed by atoms with van der Waals surface area (Å²) < 4.78 is 22.8. The average molecular weight is 594 g/mol. The molecule has 0 saturated carbocycles. The number of methoxy groups -OCH3 is 1. The van der Waals surface area contributed by atoms with Gasteiger partial charge in [-0.1, -0.05) is 60.7 Å². The maximum atomic E-state index is 14.6. The van der Waals surface area contributed by atoms with Crippen molar-refractivity contribution < 1.29 is 33.0 Å². The number of benzene rings is 3. The number of carbonyl (C=O) groups is 3. The first kappa shape index (κ1) is 29.2. The number of rotatable bonds is 9. The van der Waals surface area contributed by atoms with Gasteiger partial charge in [0.15, 0.2) is 0 Å². The van der Waals surface area contributed by atoms with E-state index >= 15 is 0 Å². The van der Waals surface area contributed by atoms with Gasteiger partial charge in [0.2, 0.25) is 5.91 Å². The molecule has 8 heteroatoms. The minimum absolute atomic E-state index is 0.0946. The van der Waals surface area contributed by atoms with Gasteiger partial charge in [-0.3, -0.25) is 14.5 Å². The van der Waals surface area contributed by atoms with Crippen LogP contribution in [0.5, 0.6) is 5.75 Å². The highest BCUT2D eigenvalue weighted by Gasteiger charge is 2.58. The highest BCUT2D eigenvalue weighted by molar-refractivity contribution is 6.03. The molecule has 226 valence electrons. The SMILES string of the molecule is CCOC(=O)[C@@H]1[C@@H](Cc2ccccc2)[C@H]2[C@@H](Cc3occc3[C@@H]2C(=O)OCc2ccccc2)C(=O)N1c1ccc(OC)cc1. The second-order valence-corrected chi connectivity index (χ2v) is 11.2. The van der Waals surface area contributed by atoms with Crippen LogP contribution in [-0.2, 0) is 43.3 Å². The summed E-state index contributed by atoms with van der Waals surface area (Å²) in [6.07, 6.45) is 2.31. The number of fused-ring (bicyclic) bond motifs is 2. The van der Waals surface area contributed by atoms with E-state index < -0.39 is 41.7 Å². The highest BCUT2D eigenvalue weighted by atomic mass is 16.5. The molecule has 1 aromatic heterocycles. The van der Waals surface area contributed by atoms with E-state index in [0.717, 1.165) is 11.1 Å². The summed E-state index contributed by atoms with van der Waals surface area (Å²) in [5.74, 6) is -2.46. The molecule has 1 saturated heterocycles. The number of furan rings is 1. The van der Waals surface area contributed by atoms with Gasteiger partial charge >= 0.3 is 11.9 Å². The fraction of sp³-hybridized carbons (Fsp3) is 0.306. The number of amides is 1. The van der Waals surface area contributed by atoms with Crippen LogP contribution in [0.15, 0.2) is 102 Å². The Hall–Kier alpha value is -4.85. The maximum absolute atomic E-state index is 14.6. The first-order chi connectivity index (χ1) is 21.5. The summed E-state index contributed by atoms with van der Waals surface area (Å²) in [4.78, 5) is 44.2. The third-order valence-corrected chi connectivity index (χ3v) is 8.77. The van der Waals surface area contributed by atoms with E-state index in [1.807, 2.05) is 60.7 Å². The van der Waals surface area contributed by atoms with Crippen LogP contribution in [0.1, 0.15) is 35.3 Å². The average Bonchev–Trinajstić information content (AvgIpc) is 3.53. The predicted molar refractivity (Wildman–Crippen MR) is 163 cm³/mol. The molecule has 8 nitrogen and oxygen atoms in total. The second-order valence-electron chi connectivity index (χ2n) is 11.2. The van der Waals surface area contributed by atoms with Gasteiger partial charge < -0.3 is 18.6 Å². The van der Waals surface area contributed by atoms with Crippen molar-refractivity contribution >= 4 is 23.5 Å². The van der Waals surface area contributed by atoms with E-state index in [-0.39, 0.29) is 19.1 Å². The third kappa shape index (κ3) is 5.60. The van der Waals surface area contributed by atoms with Crippen LogP contribution in [0, 0.1) is 17.8 Å². The molecule has 3 aromatic carbocycles. The van der Waals surface area contributed by atoms with Crippen molar-refractivity contribution in [2.24, 2.45) is 17.8 Å². The fourth-order valence-electron chi connectivity index (χ4n) is 6.86. The molecule has 0 radical (unpaired) electrons. The Balaban J connectivity index is 1.47. The monoisotopic (exact) mass is 593 g/mol. The van der Waals surface area contributed by atoms with Gasteiger partial charge in [-0.25, -0.2) is 4.79 Å². The molecule has 1 aliphatic heterocycles. The predicted octanol–water partition coefficient (Wildman–Crippen LogP) is 5.74. The number of carbonyl (C=O) groups excluding carboxylic acids is 3. The lowest BCUT2D eigenvalue weighted by Gasteiger charge is -2.51. The van der Waals surface area contributed by atoms with Crippen LogP contribution in [0.4, 0.5) is 5.69 Å². The number of hydrogen-bond donors (Lipinski definition) is 0. The van der Waals surface area contributed by atoms with Gasteiger partial charge in [-0.05, 0) is 66.6 Å². The van der Waals surface area contributed by atoms with Crippen molar-refractivity contribution in [1.82, 2.24) is 0 Å². The van der Waals surface area contributed by atoms with Crippen molar-refractivity contribution in [2.45, 2.75) is 38.3 Å². The van der Waals surface area contributed by atoms with Crippen LogP contribution >= 0.6 is 0 Å². The number of esters is 2. The molecule has 44 heavy (non-hydrogen) atoms. The molecule has 0 bridgehead atoms. The first-order valence-corrected chi connectivity index (χ1v) is 14.9. The van der Waals surface area contributed by atoms with Crippen LogP contribution < -0.4 is 9.64 Å². The normalized spacial score (nSPS) is 22.5. The molecular formula is C36H35NO7. The number of nitrogens with zero attached hydrogens (tertiary/aromatic N) is 1. The first-order valence-electron chi connectivity index (χ1n) is 14.9. The Bertz CT molecular complexity index is 1600. The van der Waals surface area contributed by atoms with Crippen molar-refractivity contribution in [3.05, 3.63) is 120 Å². The standard InChI is InChI=1S/C36H35NO7/c1-3-42-36(40)33-28(20-23-10-6-4-7-11-23)31-29(34(38)37(33)25-14-16-26(41-2)17-15-25)21-30-27(18-19-43-30)32(31)35(39)44-22-24-12-8-5-9-13-24/h4-19,28-29,31-33H,3,20-22H2,1-2H3/t28-,29+,31-,32-,33-/m0/s1. The van der Waals surface area contributed by atoms with Gasteiger partial charge in [0, 0.05) is 23.6 Å². The van der Waals surface area contributed by atoms with Gasteiger partial charge in [0.05, 0.1) is 25.9 Å². The molecular weight excluding hydrogens is 558 g/mol. The third-order valence-electron chi connectivity index (χ3n) is 8.77. The number of anilines is 1. The smallest absolute Gasteiger partial charge is 0.329 e. The van der Waals surface area contributed by atoms with E-state index in [2.05, 4.69) is 0 Å². The van der Waals surface area contributed by atoms with Crippen LogP contribution in [0.3, 0.4) is 0 Å². The Kier molecular flexibility index (Phi) is 8.50. The lowest BCUT2D eigenvalue weighted by atomic mass is 9.59. The quantitative estimate of drug-likeness (QED) is 0.228. The maximum Gasteiger partial charge on any atom is 0.329 e. The number of ether oxygens (including phenoxy) is 3. The van der Waals surface area contributed by atoms with Gasteiger partial charge in [-0.15, -0.1) is 0 Å². The Morgan fingerprint density at radius 2 is 1.55 bits per heavy atom. The molecule has 6 rings (SSSR count). The molecule has 2 aliphatic rings. The Morgan fingerprint density at radius 3 is 2.20 bits per heavy atom. The molecule has 5 atom stereocenters. The molecule has 0 unspecified atom stereocenters. The molecule has 4 aromatic rings. The largest absolute Gasteiger partial charge is 0.497 e. The fourth-order valence-corrected chi connectivity index (χ4v) is 6.86. The zero-order chi connectivity index (χ0) is 30.6. The zero-order valence-corrected chi connectivity index (χ0v) is 24.8. The minimum Gasteiger partial charge on any atom is -0.497 e. The molecule has 2 heterocycles. The van der Waals surface area contributed by atoms with Crippen LogP contribution in [-0.4, -0.2) is 37.6 Å². The van der Waals surface area contributed by atoms with Crippen molar-refractivity contribution in [3.8, 4) is 5.75 Å². The lowest BCUT2D eigenvalue weighted by Crippen LogP contribution is -2.63. The van der Waals surface area contributed by atoms with Crippen LogP contribution in [0.2, 0.25) is 0 Å². The number of hydrogen-bond acceptors (Lipinski definition) is 7. The van der Waals surface area contributed by atoms with Crippen molar-refractivity contribution in [2.75, 3.05) is 18.6 Å². The van der Waals surface area contributed by atoms with Crippen molar-refractivity contribution in [1.29, 1.82) is 0 Å². The van der Waals surface area contributed by atoms with E-state index in [1.165, 1.54) is 0 Å². The zero-order valence-electron chi connectivity index (χ0n) is 24.8. The summed E-state index contributed by atoms with van der Waals surface area (Å²) >= 11 is 0. The van der Waals surface area contributed by atoms with E-state index in [0.29, 0.717) is 35.6 Å². The summed E-state index contributed by atoms with van der Waals surface area (Å²) in [7, 11) is 1.57. The molecule has 0 spiro atoms. The molecule has 1 aliphatic carbocycles. The van der Waals surface area contributed by atoms with Gasteiger partial charge in [0.1, 0.15) is 24.2 Å². The highest BCUT2D eigenvalue weighted by Crippen LogP contribution is 2.51. The van der Waals surface area contributed by atoms with E-state index in [4.69, 9.17) is 18.6 Å². The minimum atomic E-state index is -0.977. The van der Waals surface area contributed by atoms with Crippen molar-refractivity contribution in [3.63, 3.8) is 0 Å². The summed E-state index contributed by atoms with van der Waals surface area (Å²) in [5.41, 5.74) is 3.11. The second kappa shape index (κ2) is 12.8. The molecule has 0 N–H and O–H groups in total. The Labute approximate surface area is 256 Å². The summed E-state index contributed by atoms with van der Waals surface area (Å²) in [5, 5.41) is 0. The lowest BCUT2D eigenvalue weighted by molar-refractivity contribution is -0.158. The number of piperidine rings is 1. The van der Waals surface area contributed by atoms with E-state index in [9.17, 15) is 14.4 Å². The van der Waals surface area contributed by atoms with Crippen LogP contribution in [0.25, 0.3) is 0 Å². The topological polar surface area (TPSA) is 95.3 Å². The van der Waals surface area contributed by atoms with Gasteiger partial charge in [-0.2, -0.15) is 0 Å². The Morgan fingerprint density at radius 1 is 0.864 bits per heavy atom. The van der Waals surface area contributed by atoms with Gasteiger partial charge in [0.25, 0.3) is 0 Å².